The minimum Gasteiger partial charge on any atom is -0.488 e. The van der Waals surface area contributed by atoms with Crippen LogP contribution in [0.4, 0.5) is 13.6 Å². The molecule has 2 rings (SSSR count). The molecule has 26 heavy (non-hydrogen) atoms. The van der Waals surface area contributed by atoms with E-state index >= 15 is 0 Å². The molecule has 0 aromatic heterocycles. The van der Waals surface area contributed by atoms with E-state index in [-0.39, 0.29) is 18.6 Å². The van der Waals surface area contributed by atoms with Crippen molar-refractivity contribution in [3.05, 3.63) is 64.7 Å². The van der Waals surface area contributed by atoms with Crippen LogP contribution >= 0.6 is 11.6 Å². The maximum atomic E-state index is 12.2. The van der Waals surface area contributed by atoms with Crippen LogP contribution in [0.2, 0.25) is 5.02 Å². The summed E-state index contributed by atoms with van der Waals surface area (Å²) in [7, 11) is 0. The van der Waals surface area contributed by atoms with Gasteiger partial charge in [-0.1, -0.05) is 42.8 Å². The van der Waals surface area contributed by atoms with E-state index in [1.807, 2.05) is 19.1 Å². The van der Waals surface area contributed by atoms with Crippen molar-refractivity contribution in [3.8, 4) is 5.75 Å². The van der Waals surface area contributed by atoms with Crippen molar-refractivity contribution in [1.82, 2.24) is 10.6 Å². The molecule has 0 aliphatic carbocycles. The Morgan fingerprint density at radius 1 is 1.19 bits per heavy atom. The van der Waals surface area contributed by atoms with Crippen LogP contribution in [0.15, 0.2) is 48.5 Å². The van der Waals surface area contributed by atoms with Gasteiger partial charge in [0.1, 0.15) is 12.4 Å². The smallest absolute Gasteiger partial charge is 0.315 e. The lowest BCUT2D eigenvalue weighted by Gasteiger charge is -2.18. The summed E-state index contributed by atoms with van der Waals surface area (Å²) in [5.74, 6) is 0.345. The molecular weight excluding hydrogens is 362 g/mol. The Hall–Kier alpha value is -2.34. The maximum Gasteiger partial charge on any atom is 0.315 e. The molecule has 0 bridgehead atoms. The highest BCUT2D eigenvalue weighted by molar-refractivity contribution is 6.30. The molecule has 7 heteroatoms. The Labute approximate surface area is 156 Å². The molecule has 0 aliphatic rings. The first-order valence-electron chi connectivity index (χ1n) is 8.27. The number of halogens is 3. The SMILES string of the molecule is CCC(NC(=O)NCc1cccc(OCC(F)F)c1)c1ccc(Cl)cc1. The summed E-state index contributed by atoms with van der Waals surface area (Å²) >= 11 is 5.88. The van der Waals surface area contributed by atoms with E-state index in [9.17, 15) is 13.6 Å². The zero-order chi connectivity index (χ0) is 18.9. The molecule has 0 saturated heterocycles. The highest BCUT2D eigenvalue weighted by Crippen LogP contribution is 2.19. The number of rotatable bonds is 8. The quantitative estimate of drug-likeness (QED) is 0.679. The molecule has 2 amide bonds. The van der Waals surface area contributed by atoms with Crippen molar-refractivity contribution in [3.63, 3.8) is 0 Å². The number of carbonyl (C=O) groups excluding carboxylic acids is 1. The molecule has 0 fully saturated rings. The summed E-state index contributed by atoms with van der Waals surface area (Å²) in [5, 5.41) is 6.30. The van der Waals surface area contributed by atoms with Crippen LogP contribution in [0.3, 0.4) is 0 Å². The average Bonchev–Trinajstić information content (AvgIpc) is 2.64. The molecule has 0 radical (unpaired) electrons. The predicted molar refractivity (Wildman–Crippen MR) is 97.8 cm³/mol. The number of nitrogens with one attached hydrogen (secondary N) is 2. The van der Waals surface area contributed by atoms with E-state index in [0.29, 0.717) is 10.8 Å². The van der Waals surface area contributed by atoms with Crippen LogP contribution in [0, 0.1) is 0 Å². The van der Waals surface area contributed by atoms with Crippen LogP contribution in [0.5, 0.6) is 5.75 Å². The summed E-state index contributed by atoms with van der Waals surface area (Å²) in [6.07, 6.45) is -1.80. The van der Waals surface area contributed by atoms with Crippen LogP contribution in [-0.4, -0.2) is 19.1 Å². The first-order valence-corrected chi connectivity index (χ1v) is 8.65. The van der Waals surface area contributed by atoms with Gasteiger partial charge in [0.15, 0.2) is 0 Å². The first-order chi connectivity index (χ1) is 12.5. The number of hydrogen-bond donors (Lipinski definition) is 2. The number of urea groups is 1. The molecule has 0 spiro atoms. The minimum atomic E-state index is -2.53. The molecule has 0 saturated carbocycles. The van der Waals surface area contributed by atoms with Gasteiger partial charge in [0.25, 0.3) is 6.43 Å². The van der Waals surface area contributed by atoms with Gasteiger partial charge in [-0.05, 0) is 41.8 Å². The van der Waals surface area contributed by atoms with Crippen LogP contribution in [-0.2, 0) is 6.54 Å². The van der Waals surface area contributed by atoms with E-state index in [1.165, 1.54) is 0 Å². The van der Waals surface area contributed by atoms with E-state index in [1.54, 1.807) is 36.4 Å². The van der Waals surface area contributed by atoms with Crippen molar-refractivity contribution < 1.29 is 18.3 Å². The van der Waals surface area contributed by atoms with Crippen molar-refractivity contribution in [1.29, 1.82) is 0 Å². The topological polar surface area (TPSA) is 50.4 Å². The van der Waals surface area contributed by atoms with Crippen molar-refractivity contribution in [2.24, 2.45) is 0 Å². The fourth-order valence-electron chi connectivity index (χ4n) is 2.41. The number of amides is 2. The molecule has 2 aromatic rings. The second-order valence-electron chi connectivity index (χ2n) is 5.69. The Morgan fingerprint density at radius 2 is 1.92 bits per heavy atom. The van der Waals surface area contributed by atoms with Gasteiger partial charge in [-0.3, -0.25) is 0 Å². The predicted octanol–water partition coefficient (Wildman–Crippen LogP) is 4.93. The van der Waals surface area contributed by atoms with Crippen LogP contribution < -0.4 is 15.4 Å². The third kappa shape index (κ3) is 6.52. The van der Waals surface area contributed by atoms with E-state index < -0.39 is 13.0 Å². The Kier molecular flexibility index (Phi) is 7.66. The molecule has 2 aromatic carbocycles. The number of hydrogen-bond acceptors (Lipinski definition) is 2. The van der Waals surface area contributed by atoms with Crippen molar-refractivity contribution >= 4 is 17.6 Å². The minimum absolute atomic E-state index is 0.132. The number of alkyl halides is 2. The highest BCUT2D eigenvalue weighted by Gasteiger charge is 2.12. The van der Waals surface area contributed by atoms with Gasteiger partial charge in [0, 0.05) is 11.6 Å². The number of benzene rings is 2. The normalized spacial score (nSPS) is 11.9. The monoisotopic (exact) mass is 382 g/mol. The molecule has 4 nitrogen and oxygen atoms in total. The molecule has 0 heterocycles. The second-order valence-corrected chi connectivity index (χ2v) is 6.13. The Balaban J connectivity index is 1.87. The summed E-state index contributed by atoms with van der Waals surface area (Å²) in [6.45, 7) is 1.58. The van der Waals surface area contributed by atoms with Gasteiger partial charge in [-0.2, -0.15) is 0 Å². The summed E-state index contributed by atoms with van der Waals surface area (Å²) in [5.41, 5.74) is 1.72. The lowest BCUT2D eigenvalue weighted by atomic mass is 10.1. The molecule has 2 N–H and O–H groups in total. The zero-order valence-corrected chi connectivity index (χ0v) is 15.1. The third-order valence-corrected chi connectivity index (χ3v) is 3.97. The fourth-order valence-corrected chi connectivity index (χ4v) is 2.54. The maximum absolute atomic E-state index is 12.2. The summed E-state index contributed by atoms with van der Waals surface area (Å²) in [6, 6.07) is 13.6. The Morgan fingerprint density at radius 3 is 2.58 bits per heavy atom. The lowest BCUT2D eigenvalue weighted by molar-refractivity contribution is 0.0818. The van der Waals surface area contributed by atoms with Crippen LogP contribution in [0.1, 0.15) is 30.5 Å². The van der Waals surface area contributed by atoms with E-state index in [2.05, 4.69) is 10.6 Å². The van der Waals surface area contributed by atoms with E-state index in [4.69, 9.17) is 16.3 Å². The zero-order valence-electron chi connectivity index (χ0n) is 14.3. The molecule has 140 valence electrons. The van der Waals surface area contributed by atoms with Crippen molar-refractivity contribution in [2.45, 2.75) is 32.4 Å². The van der Waals surface area contributed by atoms with Gasteiger partial charge in [0.05, 0.1) is 6.04 Å². The molecular formula is C19H21ClF2N2O2. The molecule has 1 atom stereocenters. The highest BCUT2D eigenvalue weighted by atomic mass is 35.5. The van der Waals surface area contributed by atoms with Gasteiger partial charge in [-0.25, -0.2) is 13.6 Å². The van der Waals surface area contributed by atoms with Gasteiger partial charge in [-0.15, -0.1) is 0 Å². The molecule has 0 aliphatic heterocycles. The van der Waals surface area contributed by atoms with Crippen LogP contribution in [0.25, 0.3) is 0 Å². The standard InChI is InChI=1S/C19H21ClF2N2O2/c1-2-17(14-6-8-15(20)9-7-14)24-19(25)23-11-13-4-3-5-16(10-13)26-12-18(21)22/h3-10,17-18H,2,11-12H2,1H3,(H2,23,24,25). The largest absolute Gasteiger partial charge is 0.488 e. The third-order valence-electron chi connectivity index (χ3n) is 3.71. The molecule has 1 unspecified atom stereocenters. The van der Waals surface area contributed by atoms with Gasteiger partial charge >= 0.3 is 6.03 Å². The Bertz CT molecular complexity index is 711. The number of ether oxygens (including phenoxy) is 1. The fraction of sp³-hybridized carbons (Fsp3) is 0.316. The van der Waals surface area contributed by atoms with Gasteiger partial charge in [0.2, 0.25) is 0 Å². The lowest BCUT2D eigenvalue weighted by Crippen LogP contribution is -2.37. The van der Waals surface area contributed by atoms with Crippen molar-refractivity contribution in [2.75, 3.05) is 6.61 Å². The van der Waals surface area contributed by atoms with E-state index in [0.717, 1.165) is 17.5 Å². The summed E-state index contributed by atoms with van der Waals surface area (Å²) in [4.78, 5) is 12.1. The average molecular weight is 383 g/mol. The first kappa shape index (κ1) is 20.0. The number of carbonyl (C=O) groups is 1. The summed E-state index contributed by atoms with van der Waals surface area (Å²) < 4.78 is 29.4. The second kappa shape index (κ2) is 9.97. The van der Waals surface area contributed by atoms with Gasteiger partial charge < -0.3 is 15.4 Å².